The molecule has 0 atom stereocenters. The van der Waals surface area contributed by atoms with Crippen LogP contribution in [-0.2, 0) is 9.47 Å². The number of carbonyl (C=O) groups is 1. The second kappa shape index (κ2) is 8.20. The summed E-state index contributed by atoms with van der Waals surface area (Å²) in [4.78, 5) is 11.4. The highest BCUT2D eigenvalue weighted by Gasteiger charge is 2.16. The van der Waals surface area contributed by atoms with Crippen molar-refractivity contribution in [2.24, 2.45) is 0 Å². The Morgan fingerprint density at radius 1 is 0.958 bits per heavy atom. The molecule has 0 aliphatic rings. The Labute approximate surface area is 142 Å². The Morgan fingerprint density at radius 3 is 2.21 bits per heavy atom. The van der Waals surface area contributed by atoms with Crippen LogP contribution in [0.15, 0.2) is 60.7 Å². The molecule has 0 aromatic heterocycles. The number of hydrogen-bond donors (Lipinski definition) is 0. The van der Waals surface area contributed by atoms with Crippen molar-refractivity contribution in [1.82, 2.24) is 0 Å². The van der Waals surface area contributed by atoms with E-state index in [4.69, 9.17) is 14.2 Å². The number of para-hydroxylation sites is 1. The molecule has 4 nitrogen and oxygen atoms in total. The first-order chi connectivity index (χ1) is 11.4. The van der Waals surface area contributed by atoms with Crippen molar-refractivity contribution in [3.8, 4) is 11.5 Å². The van der Waals surface area contributed by atoms with Crippen LogP contribution in [0.5, 0.6) is 11.5 Å². The summed E-state index contributed by atoms with van der Waals surface area (Å²) in [5.41, 5.74) is 0.443. The van der Waals surface area contributed by atoms with E-state index >= 15 is 0 Å². The largest absolute Gasteiger partial charge is 0.509 e. The zero-order chi connectivity index (χ0) is 17.4. The summed E-state index contributed by atoms with van der Waals surface area (Å²) in [7, 11) is 0. The van der Waals surface area contributed by atoms with Crippen molar-refractivity contribution in [2.75, 3.05) is 6.61 Å². The summed E-state index contributed by atoms with van der Waals surface area (Å²) in [6, 6.07) is 17.3. The second-order valence-electron chi connectivity index (χ2n) is 6.16. The van der Waals surface area contributed by atoms with Gasteiger partial charge in [-0.05, 0) is 56.7 Å². The highest BCUT2D eigenvalue weighted by molar-refractivity contribution is 5.61. The smallest absolute Gasteiger partial charge is 0.457 e. The highest BCUT2D eigenvalue weighted by Crippen LogP contribution is 2.21. The number of carbonyl (C=O) groups excluding carboxylic acids is 1. The molecule has 0 N–H and O–H groups in total. The molecule has 0 fully saturated rings. The molecular weight excluding hydrogens is 304 g/mol. The van der Waals surface area contributed by atoms with Gasteiger partial charge in [-0.3, -0.25) is 0 Å². The maximum atomic E-state index is 11.4. The van der Waals surface area contributed by atoms with Gasteiger partial charge >= 0.3 is 6.16 Å². The maximum absolute atomic E-state index is 11.4. The predicted molar refractivity (Wildman–Crippen MR) is 94.2 cm³/mol. The van der Waals surface area contributed by atoms with Gasteiger partial charge in [0, 0.05) is 0 Å². The highest BCUT2D eigenvalue weighted by atomic mass is 16.7. The van der Waals surface area contributed by atoms with Crippen molar-refractivity contribution < 1.29 is 19.0 Å². The average molecular weight is 326 g/mol. The Kier molecular flexibility index (Phi) is 6.01. The summed E-state index contributed by atoms with van der Waals surface area (Å²) in [5.74, 6) is 1.56. The van der Waals surface area contributed by atoms with Crippen molar-refractivity contribution in [2.45, 2.75) is 26.4 Å². The fourth-order valence-corrected chi connectivity index (χ4v) is 1.85. The van der Waals surface area contributed by atoms with Crippen molar-refractivity contribution in [1.29, 1.82) is 0 Å². The Balaban J connectivity index is 1.80. The molecule has 2 aromatic carbocycles. The van der Waals surface area contributed by atoms with Crippen LogP contribution in [0, 0.1) is 0 Å². The van der Waals surface area contributed by atoms with Crippen LogP contribution in [0.25, 0.3) is 6.08 Å². The normalized spacial score (nSPS) is 11.3. The van der Waals surface area contributed by atoms with Crippen LogP contribution >= 0.6 is 0 Å². The zero-order valence-corrected chi connectivity index (χ0v) is 14.2. The van der Waals surface area contributed by atoms with Gasteiger partial charge in [0.15, 0.2) is 0 Å². The van der Waals surface area contributed by atoms with Crippen LogP contribution in [0.2, 0.25) is 0 Å². The molecule has 0 heterocycles. The van der Waals surface area contributed by atoms with Crippen LogP contribution in [-0.4, -0.2) is 18.4 Å². The standard InChI is InChI=1S/C20H22O4/c1-20(2,3)24-19(21)22-15-7-8-16-11-13-18(14-12-16)23-17-9-5-4-6-10-17/h4-14H,15H2,1-3H3/b8-7+. The lowest BCUT2D eigenvalue weighted by atomic mass is 10.2. The number of ether oxygens (including phenoxy) is 3. The van der Waals surface area contributed by atoms with Gasteiger partial charge in [-0.25, -0.2) is 4.79 Å². The molecule has 0 aliphatic carbocycles. The summed E-state index contributed by atoms with van der Waals surface area (Å²) in [6.07, 6.45) is 2.96. The summed E-state index contributed by atoms with van der Waals surface area (Å²) in [5, 5.41) is 0. The fraction of sp³-hybridized carbons (Fsp3) is 0.250. The van der Waals surface area contributed by atoms with E-state index in [1.165, 1.54) is 0 Å². The van der Waals surface area contributed by atoms with E-state index in [-0.39, 0.29) is 6.61 Å². The Hall–Kier alpha value is -2.75. The van der Waals surface area contributed by atoms with Crippen LogP contribution < -0.4 is 4.74 Å². The first-order valence-corrected chi connectivity index (χ1v) is 7.78. The molecule has 126 valence electrons. The monoisotopic (exact) mass is 326 g/mol. The summed E-state index contributed by atoms with van der Waals surface area (Å²) < 4.78 is 15.7. The number of hydrogen-bond acceptors (Lipinski definition) is 4. The Morgan fingerprint density at radius 2 is 1.58 bits per heavy atom. The fourth-order valence-electron chi connectivity index (χ4n) is 1.85. The molecule has 2 rings (SSSR count). The molecule has 4 heteroatoms. The van der Waals surface area contributed by atoms with E-state index in [0.717, 1.165) is 17.1 Å². The van der Waals surface area contributed by atoms with Crippen LogP contribution in [0.4, 0.5) is 4.79 Å². The molecule has 0 saturated carbocycles. The molecular formula is C20H22O4. The van der Waals surface area contributed by atoms with Gasteiger partial charge in [0.25, 0.3) is 0 Å². The van der Waals surface area contributed by atoms with E-state index in [1.807, 2.05) is 60.7 Å². The van der Waals surface area contributed by atoms with Gasteiger partial charge in [-0.1, -0.05) is 36.4 Å². The minimum absolute atomic E-state index is 0.164. The third kappa shape index (κ3) is 6.57. The lowest BCUT2D eigenvalue weighted by Crippen LogP contribution is -2.24. The zero-order valence-electron chi connectivity index (χ0n) is 14.2. The first kappa shape index (κ1) is 17.6. The van der Waals surface area contributed by atoms with E-state index in [0.29, 0.717) is 0 Å². The molecule has 0 radical (unpaired) electrons. The van der Waals surface area contributed by atoms with Gasteiger partial charge in [0.2, 0.25) is 0 Å². The van der Waals surface area contributed by atoms with Gasteiger partial charge in [0.05, 0.1) is 0 Å². The molecule has 2 aromatic rings. The quantitative estimate of drug-likeness (QED) is 0.686. The summed E-state index contributed by atoms with van der Waals surface area (Å²) in [6.45, 7) is 5.55. The molecule has 24 heavy (non-hydrogen) atoms. The molecule has 0 aliphatic heterocycles. The van der Waals surface area contributed by atoms with Gasteiger partial charge < -0.3 is 14.2 Å². The minimum atomic E-state index is -0.668. The molecule has 0 amide bonds. The third-order valence-electron chi connectivity index (χ3n) is 2.86. The van der Waals surface area contributed by atoms with E-state index in [9.17, 15) is 4.79 Å². The van der Waals surface area contributed by atoms with E-state index in [1.54, 1.807) is 26.8 Å². The molecule has 0 spiro atoms. The summed E-state index contributed by atoms with van der Waals surface area (Å²) >= 11 is 0. The lowest BCUT2D eigenvalue weighted by molar-refractivity contribution is -0.00235. The Bertz CT molecular complexity index is 667. The van der Waals surface area contributed by atoms with Crippen LogP contribution in [0.3, 0.4) is 0 Å². The van der Waals surface area contributed by atoms with Gasteiger partial charge in [-0.15, -0.1) is 0 Å². The third-order valence-corrected chi connectivity index (χ3v) is 2.86. The van der Waals surface area contributed by atoms with E-state index < -0.39 is 11.8 Å². The van der Waals surface area contributed by atoms with Crippen molar-refractivity contribution >= 4 is 12.2 Å². The SMILES string of the molecule is CC(C)(C)OC(=O)OC/C=C/c1ccc(Oc2ccccc2)cc1. The molecule has 0 saturated heterocycles. The van der Waals surface area contributed by atoms with Gasteiger partial charge in [-0.2, -0.15) is 0 Å². The predicted octanol–water partition coefficient (Wildman–Crippen LogP) is 5.44. The van der Waals surface area contributed by atoms with E-state index in [2.05, 4.69) is 0 Å². The van der Waals surface area contributed by atoms with Crippen LogP contribution in [0.1, 0.15) is 26.3 Å². The minimum Gasteiger partial charge on any atom is -0.457 e. The molecule has 0 unspecified atom stereocenters. The number of benzene rings is 2. The number of rotatable bonds is 5. The van der Waals surface area contributed by atoms with Crippen molar-refractivity contribution in [3.05, 3.63) is 66.2 Å². The maximum Gasteiger partial charge on any atom is 0.509 e. The molecule has 0 bridgehead atoms. The average Bonchev–Trinajstić information content (AvgIpc) is 2.52. The van der Waals surface area contributed by atoms with Gasteiger partial charge in [0.1, 0.15) is 23.7 Å². The van der Waals surface area contributed by atoms with Crippen molar-refractivity contribution in [3.63, 3.8) is 0 Å². The topological polar surface area (TPSA) is 44.8 Å². The first-order valence-electron chi connectivity index (χ1n) is 7.78. The lowest BCUT2D eigenvalue weighted by Gasteiger charge is -2.18. The second-order valence-corrected chi connectivity index (χ2v) is 6.16.